The number of nitrogens with zero attached hydrogens (tertiary/aromatic N) is 1. The van der Waals surface area contributed by atoms with Gasteiger partial charge in [0.25, 0.3) is 11.6 Å². The van der Waals surface area contributed by atoms with Crippen molar-refractivity contribution in [2.24, 2.45) is 0 Å². The fourth-order valence-corrected chi connectivity index (χ4v) is 2.33. The average Bonchev–Trinajstić information content (AvgIpc) is 3.00. The monoisotopic (exact) mass is 334 g/mol. The molecule has 0 unspecified atom stereocenters. The topological polar surface area (TPSA) is 90.7 Å². The zero-order chi connectivity index (χ0) is 16.4. The first-order chi connectivity index (χ1) is 11.0. The largest absolute Gasteiger partial charge is 0.454 e. The molecular formula is C15H11ClN2O5. The molecule has 0 fully saturated rings. The lowest BCUT2D eigenvalue weighted by Crippen LogP contribution is -2.23. The Morgan fingerprint density at radius 1 is 1.22 bits per heavy atom. The summed E-state index contributed by atoms with van der Waals surface area (Å²) in [6, 6.07) is 9.04. The number of nitrogens with one attached hydrogen (secondary N) is 1. The number of halogens is 1. The second kappa shape index (κ2) is 6.13. The van der Waals surface area contributed by atoms with E-state index in [0.29, 0.717) is 11.5 Å². The number of ether oxygens (including phenoxy) is 2. The van der Waals surface area contributed by atoms with Gasteiger partial charge >= 0.3 is 0 Å². The number of carbonyl (C=O) groups is 1. The first kappa shape index (κ1) is 15.1. The maximum Gasteiger partial charge on any atom is 0.270 e. The standard InChI is InChI=1S/C15H11ClN2O5/c16-12-3-2-10(18(20)21)6-11(12)15(19)17-7-9-1-4-13-14(5-9)23-8-22-13/h1-6H,7-8H2,(H,17,19). The highest BCUT2D eigenvalue weighted by Crippen LogP contribution is 2.32. The summed E-state index contributed by atoms with van der Waals surface area (Å²) in [4.78, 5) is 22.4. The Morgan fingerprint density at radius 3 is 2.78 bits per heavy atom. The Balaban J connectivity index is 1.72. The third-order valence-electron chi connectivity index (χ3n) is 3.30. The maximum absolute atomic E-state index is 12.2. The summed E-state index contributed by atoms with van der Waals surface area (Å²) < 4.78 is 10.5. The molecule has 0 aromatic heterocycles. The highest BCUT2D eigenvalue weighted by atomic mass is 35.5. The Labute approximate surface area is 135 Å². The van der Waals surface area contributed by atoms with Gasteiger partial charge in [-0.05, 0) is 23.8 Å². The van der Waals surface area contributed by atoms with Gasteiger partial charge < -0.3 is 14.8 Å². The third kappa shape index (κ3) is 3.19. The second-order valence-electron chi connectivity index (χ2n) is 4.79. The van der Waals surface area contributed by atoms with Gasteiger partial charge in [-0.3, -0.25) is 14.9 Å². The number of benzene rings is 2. The van der Waals surface area contributed by atoms with Crippen molar-refractivity contribution in [2.45, 2.75) is 6.54 Å². The van der Waals surface area contributed by atoms with E-state index in [2.05, 4.69) is 5.32 Å². The summed E-state index contributed by atoms with van der Waals surface area (Å²) in [6.07, 6.45) is 0. The molecule has 0 bridgehead atoms. The van der Waals surface area contributed by atoms with Crippen LogP contribution in [0.4, 0.5) is 5.69 Å². The van der Waals surface area contributed by atoms with Crippen LogP contribution in [0.2, 0.25) is 5.02 Å². The lowest BCUT2D eigenvalue weighted by atomic mass is 10.1. The molecule has 23 heavy (non-hydrogen) atoms. The quantitative estimate of drug-likeness (QED) is 0.685. The van der Waals surface area contributed by atoms with E-state index in [1.54, 1.807) is 18.2 Å². The van der Waals surface area contributed by atoms with Crippen LogP contribution in [-0.2, 0) is 6.54 Å². The van der Waals surface area contributed by atoms with Crippen LogP contribution in [0.25, 0.3) is 0 Å². The van der Waals surface area contributed by atoms with E-state index in [0.717, 1.165) is 11.6 Å². The van der Waals surface area contributed by atoms with Crippen LogP contribution in [0.1, 0.15) is 15.9 Å². The molecule has 2 aromatic carbocycles. The molecule has 2 aromatic rings. The third-order valence-corrected chi connectivity index (χ3v) is 3.63. The van der Waals surface area contributed by atoms with Crippen molar-refractivity contribution in [1.82, 2.24) is 5.32 Å². The highest BCUT2D eigenvalue weighted by Gasteiger charge is 2.17. The van der Waals surface area contributed by atoms with Crippen LogP contribution in [-0.4, -0.2) is 17.6 Å². The van der Waals surface area contributed by atoms with Crippen molar-refractivity contribution in [3.05, 3.63) is 62.7 Å². The van der Waals surface area contributed by atoms with E-state index < -0.39 is 10.8 Å². The summed E-state index contributed by atoms with van der Waals surface area (Å²) in [5.41, 5.74) is 0.674. The number of hydrogen-bond donors (Lipinski definition) is 1. The summed E-state index contributed by atoms with van der Waals surface area (Å²) >= 11 is 5.93. The minimum atomic E-state index is -0.578. The number of nitro groups is 1. The van der Waals surface area contributed by atoms with Crippen LogP contribution in [0, 0.1) is 10.1 Å². The van der Waals surface area contributed by atoms with Crippen LogP contribution in [0.15, 0.2) is 36.4 Å². The molecule has 7 nitrogen and oxygen atoms in total. The van der Waals surface area contributed by atoms with Gasteiger partial charge in [-0.1, -0.05) is 17.7 Å². The molecule has 0 aliphatic carbocycles. The van der Waals surface area contributed by atoms with E-state index >= 15 is 0 Å². The zero-order valence-corrected chi connectivity index (χ0v) is 12.5. The predicted molar refractivity (Wildman–Crippen MR) is 81.8 cm³/mol. The molecule has 0 radical (unpaired) electrons. The molecule has 1 aliphatic heterocycles. The van der Waals surface area contributed by atoms with Crippen molar-refractivity contribution >= 4 is 23.2 Å². The molecule has 0 spiro atoms. The Morgan fingerprint density at radius 2 is 2.00 bits per heavy atom. The number of carbonyl (C=O) groups excluding carboxylic acids is 1. The zero-order valence-electron chi connectivity index (χ0n) is 11.7. The van der Waals surface area contributed by atoms with Crippen LogP contribution in [0.3, 0.4) is 0 Å². The van der Waals surface area contributed by atoms with Gasteiger partial charge in [0, 0.05) is 18.7 Å². The number of rotatable bonds is 4. The molecule has 1 heterocycles. The molecule has 1 aliphatic rings. The summed E-state index contributed by atoms with van der Waals surface area (Å²) in [5, 5.41) is 13.6. The smallest absolute Gasteiger partial charge is 0.270 e. The van der Waals surface area contributed by atoms with Crippen molar-refractivity contribution < 1.29 is 19.2 Å². The Kier molecular flexibility index (Phi) is 4.03. The van der Waals surface area contributed by atoms with Gasteiger partial charge in [0.2, 0.25) is 6.79 Å². The fraction of sp³-hybridized carbons (Fsp3) is 0.133. The minimum Gasteiger partial charge on any atom is -0.454 e. The fourth-order valence-electron chi connectivity index (χ4n) is 2.13. The van der Waals surface area contributed by atoms with E-state index in [1.807, 2.05) is 0 Å². The predicted octanol–water partition coefficient (Wildman–Crippen LogP) is 2.91. The number of nitro benzene ring substituents is 1. The molecule has 1 amide bonds. The summed E-state index contributed by atoms with van der Waals surface area (Å²) in [6.45, 7) is 0.406. The lowest BCUT2D eigenvalue weighted by molar-refractivity contribution is -0.384. The Hall–Kier alpha value is -2.80. The van der Waals surface area contributed by atoms with Gasteiger partial charge in [0.15, 0.2) is 11.5 Å². The second-order valence-corrected chi connectivity index (χ2v) is 5.20. The molecule has 118 valence electrons. The highest BCUT2D eigenvalue weighted by molar-refractivity contribution is 6.33. The molecule has 1 N–H and O–H groups in total. The SMILES string of the molecule is O=C(NCc1ccc2c(c1)OCO2)c1cc([N+](=O)[O-])ccc1Cl. The summed E-state index contributed by atoms with van der Waals surface area (Å²) in [7, 11) is 0. The molecular weight excluding hydrogens is 324 g/mol. The van der Waals surface area contributed by atoms with Crippen LogP contribution < -0.4 is 14.8 Å². The molecule has 3 rings (SSSR count). The van der Waals surface area contributed by atoms with Crippen molar-refractivity contribution in [2.75, 3.05) is 6.79 Å². The van der Waals surface area contributed by atoms with Gasteiger partial charge in [-0.15, -0.1) is 0 Å². The van der Waals surface area contributed by atoms with Crippen LogP contribution in [0.5, 0.6) is 11.5 Å². The van der Waals surface area contributed by atoms with Gasteiger partial charge in [-0.2, -0.15) is 0 Å². The number of amides is 1. The summed E-state index contributed by atoms with van der Waals surface area (Å²) in [5.74, 6) is 0.781. The lowest BCUT2D eigenvalue weighted by Gasteiger charge is -2.07. The number of hydrogen-bond acceptors (Lipinski definition) is 5. The average molecular weight is 335 g/mol. The van der Waals surface area contributed by atoms with E-state index in [4.69, 9.17) is 21.1 Å². The molecule has 0 saturated carbocycles. The molecule has 8 heteroatoms. The van der Waals surface area contributed by atoms with Crippen molar-refractivity contribution in [3.63, 3.8) is 0 Å². The van der Waals surface area contributed by atoms with Crippen LogP contribution >= 0.6 is 11.6 Å². The van der Waals surface area contributed by atoms with Crippen molar-refractivity contribution in [3.8, 4) is 11.5 Å². The molecule has 0 atom stereocenters. The van der Waals surface area contributed by atoms with Gasteiger partial charge in [-0.25, -0.2) is 0 Å². The van der Waals surface area contributed by atoms with Gasteiger partial charge in [0.1, 0.15) is 0 Å². The number of fused-ring (bicyclic) bond motifs is 1. The first-order valence-corrected chi connectivity index (χ1v) is 7.03. The number of non-ortho nitro benzene ring substituents is 1. The minimum absolute atomic E-state index is 0.0570. The normalized spacial score (nSPS) is 12.0. The maximum atomic E-state index is 12.2. The van der Waals surface area contributed by atoms with Gasteiger partial charge in [0.05, 0.1) is 15.5 Å². The first-order valence-electron chi connectivity index (χ1n) is 6.65. The van der Waals surface area contributed by atoms with E-state index in [-0.39, 0.29) is 29.6 Å². The van der Waals surface area contributed by atoms with E-state index in [1.165, 1.54) is 12.1 Å². The van der Waals surface area contributed by atoms with E-state index in [9.17, 15) is 14.9 Å². The van der Waals surface area contributed by atoms with Crippen molar-refractivity contribution in [1.29, 1.82) is 0 Å². The Bertz CT molecular complexity index is 793. The molecule has 0 saturated heterocycles.